The normalized spacial score (nSPS) is 20.8. The van der Waals surface area contributed by atoms with E-state index in [9.17, 15) is 9.59 Å². The van der Waals surface area contributed by atoms with Gasteiger partial charge in [0.1, 0.15) is 0 Å². The highest BCUT2D eigenvalue weighted by atomic mass is 16.5. The van der Waals surface area contributed by atoms with Crippen LogP contribution in [0.15, 0.2) is 23.8 Å². The Kier molecular flexibility index (Phi) is 3.83. The molecular formula is C12H16O3. The fraction of sp³-hybridized carbons (Fsp3) is 0.500. The van der Waals surface area contributed by atoms with Crippen LogP contribution in [0.25, 0.3) is 0 Å². The van der Waals surface area contributed by atoms with Crippen molar-refractivity contribution in [3.63, 3.8) is 0 Å². The number of methoxy groups -OCH3 is 1. The molecule has 0 radical (unpaired) electrons. The maximum absolute atomic E-state index is 11.6. The summed E-state index contributed by atoms with van der Waals surface area (Å²) in [5.74, 6) is -0.0816. The summed E-state index contributed by atoms with van der Waals surface area (Å²) in [5.41, 5.74) is 1.61. The third-order valence-corrected chi connectivity index (χ3v) is 2.70. The quantitative estimate of drug-likeness (QED) is 0.526. The second kappa shape index (κ2) is 4.91. The first-order valence-corrected chi connectivity index (χ1v) is 4.99. The van der Waals surface area contributed by atoms with Gasteiger partial charge in [0.2, 0.25) is 0 Å². The Bertz CT molecular complexity index is 326. The predicted octanol–water partition coefficient (Wildman–Crippen LogP) is 2.03. The average molecular weight is 208 g/mol. The lowest BCUT2D eigenvalue weighted by molar-refractivity contribution is -0.140. The van der Waals surface area contributed by atoms with Crippen LogP contribution in [0.3, 0.4) is 0 Å². The van der Waals surface area contributed by atoms with Gasteiger partial charge >= 0.3 is 5.97 Å². The molecule has 1 atom stereocenters. The second-order valence-electron chi connectivity index (χ2n) is 3.89. The topological polar surface area (TPSA) is 43.4 Å². The Morgan fingerprint density at radius 3 is 2.80 bits per heavy atom. The molecule has 0 fully saturated rings. The molecule has 0 spiro atoms. The van der Waals surface area contributed by atoms with Crippen molar-refractivity contribution in [1.82, 2.24) is 0 Å². The van der Waals surface area contributed by atoms with Gasteiger partial charge in [-0.3, -0.25) is 9.59 Å². The van der Waals surface area contributed by atoms with Crippen LogP contribution in [0.1, 0.15) is 26.2 Å². The van der Waals surface area contributed by atoms with Gasteiger partial charge in [0, 0.05) is 12.0 Å². The second-order valence-corrected chi connectivity index (χ2v) is 3.89. The first kappa shape index (κ1) is 11.7. The number of carbonyl (C=O) groups is 2. The SMILES string of the molecule is C=C(C)[C@H]1CC=C(CC(=O)OC)C(=O)C1. The molecule has 0 N–H and O–H groups in total. The van der Waals surface area contributed by atoms with Crippen molar-refractivity contribution in [2.75, 3.05) is 7.11 Å². The molecule has 0 aromatic heterocycles. The van der Waals surface area contributed by atoms with Gasteiger partial charge in [-0.2, -0.15) is 0 Å². The predicted molar refractivity (Wildman–Crippen MR) is 57.3 cm³/mol. The highest BCUT2D eigenvalue weighted by Gasteiger charge is 2.23. The van der Waals surface area contributed by atoms with Gasteiger partial charge in [-0.1, -0.05) is 18.2 Å². The number of hydrogen-bond acceptors (Lipinski definition) is 3. The first-order chi connectivity index (χ1) is 7.04. The molecule has 0 aliphatic heterocycles. The number of allylic oxidation sites excluding steroid dienone is 2. The largest absolute Gasteiger partial charge is 0.469 e. The number of ether oxygens (including phenoxy) is 1. The van der Waals surface area contributed by atoms with Crippen LogP contribution in [0.5, 0.6) is 0 Å². The molecule has 0 aromatic rings. The number of hydrogen-bond donors (Lipinski definition) is 0. The molecular weight excluding hydrogens is 192 g/mol. The molecule has 15 heavy (non-hydrogen) atoms. The van der Waals surface area contributed by atoms with Gasteiger partial charge in [0.05, 0.1) is 13.5 Å². The van der Waals surface area contributed by atoms with E-state index in [0.29, 0.717) is 12.0 Å². The lowest BCUT2D eigenvalue weighted by Crippen LogP contribution is -2.18. The van der Waals surface area contributed by atoms with Crippen LogP contribution in [-0.4, -0.2) is 18.9 Å². The van der Waals surface area contributed by atoms with E-state index < -0.39 is 0 Å². The van der Waals surface area contributed by atoms with Crippen molar-refractivity contribution in [3.05, 3.63) is 23.8 Å². The van der Waals surface area contributed by atoms with E-state index in [1.807, 2.05) is 13.0 Å². The van der Waals surface area contributed by atoms with Gasteiger partial charge in [0.15, 0.2) is 5.78 Å². The highest BCUT2D eigenvalue weighted by Crippen LogP contribution is 2.27. The molecule has 0 amide bonds. The lowest BCUT2D eigenvalue weighted by atomic mass is 9.84. The van der Waals surface area contributed by atoms with Crippen LogP contribution in [0.2, 0.25) is 0 Å². The fourth-order valence-corrected chi connectivity index (χ4v) is 1.61. The van der Waals surface area contributed by atoms with Gasteiger partial charge < -0.3 is 4.74 Å². The number of carbonyl (C=O) groups excluding carboxylic acids is 2. The summed E-state index contributed by atoms with van der Waals surface area (Å²) in [6, 6.07) is 0. The number of Topliss-reactive ketones (excluding diaryl/α,β-unsaturated/α-hetero) is 1. The van der Waals surface area contributed by atoms with E-state index in [0.717, 1.165) is 12.0 Å². The van der Waals surface area contributed by atoms with Crippen molar-refractivity contribution in [2.24, 2.45) is 5.92 Å². The van der Waals surface area contributed by atoms with Crippen molar-refractivity contribution < 1.29 is 14.3 Å². The molecule has 0 saturated heterocycles. The molecule has 1 aliphatic carbocycles. The number of rotatable bonds is 3. The third kappa shape index (κ3) is 3.05. The van der Waals surface area contributed by atoms with Crippen molar-refractivity contribution in [2.45, 2.75) is 26.2 Å². The van der Waals surface area contributed by atoms with Crippen molar-refractivity contribution in [1.29, 1.82) is 0 Å². The standard InChI is InChI=1S/C12H16O3/c1-8(2)9-4-5-10(11(13)6-9)7-12(14)15-3/h5,9H,1,4,6-7H2,2-3H3/t9-/m0/s1. The summed E-state index contributed by atoms with van der Waals surface area (Å²) in [4.78, 5) is 22.7. The van der Waals surface area contributed by atoms with E-state index in [-0.39, 0.29) is 24.1 Å². The molecule has 0 unspecified atom stereocenters. The summed E-state index contributed by atoms with van der Waals surface area (Å²) < 4.78 is 4.53. The number of esters is 1. The minimum atomic E-state index is -0.358. The van der Waals surface area contributed by atoms with Crippen LogP contribution in [0.4, 0.5) is 0 Å². The Morgan fingerprint density at radius 2 is 2.33 bits per heavy atom. The molecule has 1 rings (SSSR count). The summed E-state index contributed by atoms with van der Waals surface area (Å²) in [7, 11) is 1.33. The monoisotopic (exact) mass is 208 g/mol. The third-order valence-electron chi connectivity index (χ3n) is 2.70. The molecule has 0 heterocycles. The number of ketones is 1. The van der Waals surface area contributed by atoms with Crippen LogP contribution in [0, 0.1) is 5.92 Å². The first-order valence-electron chi connectivity index (χ1n) is 4.99. The molecule has 0 bridgehead atoms. The van der Waals surface area contributed by atoms with Gasteiger partial charge in [0.25, 0.3) is 0 Å². The summed E-state index contributed by atoms with van der Waals surface area (Å²) in [5, 5.41) is 0. The lowest BCUT2D eigenvalue weighted by Gasteiger charge is -2.20. The van der Waals surface area contributed by atoms with Crippen molar-refractivity contribution >= 4 is 11.8 Å². The Balaban J connectivity index is 2.65. The summed E-state index contributed by atoms with van der Waals surface area (Å²) >= 11 is 0. The Hall–Kier alpha value is -1.38. The maximum atomic E-state index is 11.6. The van der Waals surface area contributed by atoms with Gasteiger partial charge in [-0.25, -0.2) is 0 Å². The maximum Gasteiger partial charge on any atom is 0.310 e. The van der Waals surface area contributed by atoms with Crippen LogP contribution in [-0.2, 0) is 14.3 Å². The summed E-state index contributed by atoms with van der Waals surface area (Å²) in [6.45, 7) is 5.77. The van der Waals surface area contributed by atoms with Crippen LogP contribution >= 0.6 is 0 Å². The molecule has 3 heteroatoms. The molecule has 3 nitrogen and oxygen atoms in total. The molecule has 1 aliphatic rings. The van der Waals surface area contributed by atoms with E-state index in [2.05, 4.69) is 11.3 Å². The van der Waals surface area contributed by atoms with E-state index in [4.69, 9.17) is 0 Å². The minimum absolute atomic E-state index is 0.0413. The zero-order valence-corrected chi connectivity index (χ0v) is 9.21. The van der Waals surface area contributed by atoms with Gasteiger partial charge in [-0.15, -0.1) is 0 Å². The van der Waals surface area contributed by atoms with Gasteiger partial charge in [-0.05, 0) is 19.3 Å². The zero-order chi connectivity index (χ0) is 11.4. The molecule has 82 valence electrons. The van der Waals surface area contributed by atoms with Crippen LogP contribution < -0.4 is 0 Å². The Labute approximate surface area is 89.8 Å². The van der Waals surface area contributed by atoms with E-state index in [1.165, 1.54) is 7.11 Å². The van der Waals surface area contributed by atoms with Crippen molar-refractivity contribution in [3.8, 4) is 0 Å². The minimum Gasteiger partial charge on any atom is -0.469 e. The zero-order valence-electron chi connectivity index (χ0n) is 9.21. The average Bonchev–Trinajstić information content (AvgIpc) is 2.20. The molecule has 0 saturated carbocycles. The highest BCUT2D eigenvalue weighted by molar-refractivity contribution is 6.00. The smallest absolute Gasteiger partial charge is 0.310 e. The molecule has 0 aromatic carbocycles. The fourth-order valence-electron chi connectivity index (χ4n) is 1.61. The van der Waals surface area contributed by atoms with E-state index in [1.54, 1.807) is 0 Å². The van der Waals surface area contributed by atoms with E-state index >= 15 is 0 Å². The summed E-state index contributed by atoms with van der Waals surface area (Å²) in [6.07, 6.45) is 3.20. The Morgan fingerprint density at radius 1 is 1.67 bits per heavy atom.